The minimum absolute atomic E-state index is 0.0990. The van der Waals surface area contributed by atoms with Crippen LogP contribution in [0.1, 0.15) is 22.8 Å². The molecule has 0 spiro atoms. The number of nitrogens with zero attached hydrogens (tertiary/aromatic N) is 1. The van der Waals surface area contributed by atoms with Crippen LogP contribution in [0.2, 0.25) is 0 Å². The second kappa shape index (κ2) is 7.45. The number of ether oxygens (including phenoxy) is 3. The SMILES string of the molecule is CCc1cc(OC)c(OC(=O)c2ccc([N+](=O)[O-])cc2)cc1OC. The molecule has 0 saturated heterocycles. The molecule has 0 N–H and O–H groups in total. The van der Waals surface area contributed by atoms with Crippen LogP contribution in [0.5, 0.6) is 17.2 Å². The number of nitro groups is 1. The molecule has 2 rings (SSSR count). The Kier molecular flexibility index (Phi) is 5.36. The van der Waals surface area contributed by atoms with Crippen LogP contribution in [-0.4, -0.2) is 25.1 Å². The van der Waals surface area contributed by atoms with E-state index in [2.05, 4.69) is 0 Å². The number of hydrogen-bond acceptors (Lipinski definition) is 6. The van der Waals surface area contributed by atoms with Crippen LogP contribution in [0.25, 0.3) is 0 Å². The van der Waals surface area contributed by atoms with Crippen molar-refractivity contribution >= 4 is 11.7 Å². The van der Waals surface area contributed by atoms with Crippen molar-refractivity contribution in [2.24, 2.45) is 0 Å². The maximum atomic E-state index is 12.2. The van der Waals surface area contributed by atoms with Crippen LogP contribution < -0.4 is 14.2 Å². The van der Waals surface area contributed by atoms with Gasteiger partial charge in [-0.2, -0.15) is 0 Å². The summed E-state index contributed by atoms with van der Waals surface area (Å²) in [5.74, 6) is 0.567. The highest BCUT2D eigenvalue weighted by Gasteiger charge is 2.17. The summed E-state index contributed by atoms with van der Waals surface area (Å²) >= 11 is 0. The monoisotopic (exact) mass is 331 g/mol. The largest absolute Gasteiger partial charge is 0.496 e. The van der Waals surface area contributed by atoms with Crippen molar-refractivity contribution in [2.75, 3.05) is 14.2 Å². The minimum Gasteiger partial charge on any atom is -0.496 e. The van der Waals surface area contributed by atoms with E-state index in [1.165, 1.54) is 38.5 Å². The zero-order chi connectivity index (χ0) is 17.7. The van der Waals surface area contributed by atoms with Gasteiger partial charge < -0.3 is 14.2 Å². The zero-order valence-electron chi connectivity index (χ0n) is 13.6. The van der Waals surface area contributed by atoms with Crippen molar-refractivity contribution in [1.29, 1.82) is 0 Å². The minimum atomic E-state index is -0.644. The Hall–Kier alpha value is -3.09. The smallest absolute Gasteiger partial charge is 0.343 e. The molecule has 24 heavy (non-hydrogen) atoms. The van der Waals surface area contributed by atoms with E-state index in [0.717, 1.165) is 12.0 Å². The third kappa shape index (κ3) is 3.62. The van der Waals surface area contributed by atoms with Crippen LogP contribution in [0.15, 0.2) is 36.4 Å². The maximum absolute atomic E-state index is 12.2. The highest BCUT2D eigenvalue weighted by molar-refractivity contribution is 5.91. The summed E-state index contributed by atoms with van der Waals surface area (Å²) in [6.07, 6.45) is 0.732. The fourth-order valence-corrected chi connectivity index (χ4v) is 2.17. The standard InChI is InChI=1S/C17H17NO6/c1-4-11-9-15(23-3)16(10-14(11)22-2)24-17(19)12-5-7-13(8-6-12)18(20)21/h5-10H,4H2,1-3H3. The van der Waals surface area contributed by atoms with Gasteiger partial charge in [-0.15, -0.1) is 0 Å². The van der Waals surface area contributed by atoms with Crippen LogP contribution in [0.4, 0.5) is 5.69 Å². The second-order valence-corrected chi connectivity index (χ2v) is 4.86. The van der Waals surface area contributed by atoms with Gasteiger partial charge in [-0.1, -0.05) is 6.92 Å². The second-order valence-electron chi connectivity index (χ2n) is 4.86. The number of non-ortho nitro benzene ring substituents is 1. The normalized spacial score (nSPS) is 10.1. The van der Waals surface area contributed by atoms with Crippen LogP contribution in [0, 0.1) is 10.1 Å². The maximum Gasteiger partial charge on any atom is 0.343 e. The number of esters is 1. The molecular weight excluding hydrogens is 314 g/mol. The van der Waals surface area contributed by atoms with Crippen molar-refractivity contribution in [1.82, 2.24) is 0 Å². The molecule has 7 nitrogen and oxygen atoms in total. The Bertz CT molecular complexity index is 754. The fraction of sp³-hybridized carbons (Fsp3) is 0.235. The first kappa shape index (κ1) is 17.3. The fourth-order valence-electron chi connectivity index (χ4n) is 2.17. The average molecular weight is 331 g/mol. The number of aryl methyl sites for hydroxylation is 1. The Balaban J connectivity index is 2.29. The van der Waals surface area contributed by atoms with Gasteiger partial charge in [0, 0.05) is 18.2 Å². The number of nitro benzene ring substituents is 1. The van der Waals surface area contributed by atoms with Gasteiger partial charge in [-0.3, -0.25) is 10.1 Å². The molecule has 0 radical (unpaired) electrons. The predicted octanol–water partition coefficient (Wildman–Crippen LogP) is 3.39. The van der Waals surface area contributed by atoms with Crippen LogP contribution in [-0.2, 0) is 6.42 Å². The summed E-state index contributed by atoms with van der Waals surface area (Å²) in [5, 5.41) is 10.6. The van der Waals surface area contributed by atoms with E-state index >= 15 is 0 Å². The van der Waals surface area contributed by atoms with E-state index in [4.69, 9.17) is 14.2 Å². The lowest BCUT2D eigenvalue weighted by atomic mass is 10.1. The lowest BCUT2D eigenvalue weighted by Crippen LogP contribution is -2.10. The molecule has 7 heteroatoms. The molecule has 0 fully saturated rings. The molecule has 0 aliphatic heterocycles. The molecule has 0 heterocycles. The van der Waals surface area contributed by atoms with Gasteiger partial charge >= 0.3 is 5.97 Å². The van der Waals surface area contributed by atoms with Gasteiger partial charge in [-0.25, -0.2) is 4.79 Å². The van der Waals surface area contributed by atoms with E-state index in [-0.39, 0.29) is 17.0 Å². The summed E-state index contributed by atoms with van der Waals surface area (Å²) in [5.41, 5.74) is 1.02. The molecular formula is C17H17NO6. The molecule has 0 atom stereocenters. The summed E-state index contributed by atoms with van der Waals surface area (Å²) in [4.78, 5) is 22.3. The quantitative estimate of drug-likeness (QED) is 0.349. The lowest BCUT2D eigenvalue weighted by molar-refractivity contribution is -0.384. The number of methoxy groups -OCH3 is 2. The molecule has 0 aliphatic carbocycles. The Morgan fingerprint density at radius 2 is 1.67 bits per heavy atom. The van der Waals surface area contributed by atoms with E-state index in [1.807, 2.05) is 6.92 Å². The first-order chi connectivity index (χ1) is 11.5. The Labute approximate surface area is 138 Å². The van der Waals surface area contributed by atoms with Crippen LogP contribution >= 0.6 is 0 Å². The average Bonchev–Trinajstić information content (AvgIpc) is 2.61. The summed E-state index contributed by atoms with van der Waals surface area (Å²) in [7, 11) is 3.01. The molecule has 0 aromatic heterocycles. The topological polar surface area (TPSA) is 87.9 Å². The Morgan fingerprint density at radius 3 is 2.17 bits per heavy atom. The number of rotatable bonds is 6. The van der Waals surface area contributed by atoms with Gasteiger partial charge in [0.1, 0.15) is 5.75 Å². The Morgan fingerprint density at radius 1 is 1.04 bits per heavy atom. The van der Waals surface area contributed by atoms with E-state index in [9.17, 15) is 14.9 Å². The molecule has 2 aromatic carbocycles. The highest BCUT2D eigenvalue weighted by atomic mass is 16.6. The lowest BCUT2D eigenvalue weighted by Gasteiger charge is -2.14. The van der Waals surface area contributed by atoms with Crippen molar-refractivity contribution in [3.8, 4) is 17.2 Å². The van der Waals surface area contributed by atoms with Crippen molar-refractivity contribution in [3.05, 3.63) is 57.6 Å². The summed E-state index contributed by atoms with van der Waals surface area (Å²) in [6.45, 7) is 1.97. The van der Waals surface area contributed by atoms with Gasteiger partial charge in [0.15, 0.2) is 11.5 Å². The van der Waals surface area contributed by atoms with Crippen molar-refractivity contribution < 1.29 is 23.9 Å². The summed E-state index contributed by atoms with van der Waals surface area (Å²) in [6, 6.07) is 8.50. The molecule has 126 valence electrons. The first-order valence-corrected chi connectivity index (χ1v) is 7.21. The molecule has 0 unspecified atom stereocenters. The third-order valence-corrected chi connectivity index (χ3v) is 3.46. The number of hydrogen-bond donors (Lipinski definition) is 0. The molecule has 2 aromatic rings. The third-order valence-electron chi connectivity index (χ3n) is 3.46. The molecule has 0 bridgehead atoms. The van der Waals surface area contributed by atoms with Crippen molar-refractivity contribution in [3.63, 3.8) is 0 Å². The summed E-state index contributed by atoms with van der Waals surface area (Å²) < 4.78 is 15.9. The van der Waals surface area contributed by atoms with E-state index in [0.29, 0.717) is 11.5 Å². The highest BCUT2D eigenvalue weighted by Crippen LogP contribution is 2.35. The number of carbonyl (C=O) groups excluding carboxylic acids is 1. The number of carbonyl (C=O) groups is 1. The van der Waals surface area contributed by atoms with Crippen molar-refractivity contribution in [2.45, 2.75) is 13.3 Å². The molecule has 0 amide bonds. The van der Waals surface area contributed by atoms with Gasteiger partial charge in [0.05, 0.1) is 24.7 Å². The molecule has 0 aliphatic rings. The van der Waals surface area contributed by atoms with Gasteiger partial charge in [0.2, 0.25) is 0 Å². The first-order valence-electron chi connectivity index (χ1n) is 7.21. The predicted molar refractivity (Wildman–Crippen MR) is 87.0 cm³/mol. The van der Waals surface area contributed by atoms with Gasteiger partial charge in [-0.05, 0) is 30.2 Å². The zero-order valence-corrected chi connectivity index (χ0v) is 13.6. The van der Waals surface area contributed by atoms with E-state index in [1.54, 1.807) is 12.1 Å². The number of benzene rings is 2. The molecule has 0 saturated carbocycles. The van der Waals surface area contributed by atoms with E-state index < -0.39 is 10.9 Å². The van der Waals surface area contributed by atoms with Gasteiger partial charge in [0.25, 0.3) is 5.69 Å². The van der Waals surface area contributed by atoms with Crippen LogP contribution in [0.3, 0.4) is 0 Å².